The number of rotatable bonds is 14. The van der Waals surface area contributed by atoms with Gasteiger partial charge in [0.05, 0.1) is 0 Å². The largest absolute Gasteiger partial charge is 0.508 e. The molecular weight excluding hydrogens is 582 g/mol. The molecule has 0 radical (unpaired) electrons. The van der Waals surface area contributed by atoms with Crippen LogP contribution in [0.1, 0.15) is 65.2 Å². The van der Waals surface area contributed by atoms with Crippen molar-refractivity contribution in [2.45, 2.75) is 91.2 Å². The number of alkyl carbamates (subject to hydrolysis) is 2. The predicted octanol–water partition coefficient (Wildman–Crippen LogP) is 6.86. The third-order valence-corrected chi connectivity index (χ3v) is 6.92. The van der Waals surface area contributed by atoms with Gasteiger partial charge in [0.15, 0.2) is 0 Å². The molecule has 3 aromatic rings. The van der Waals surface area contributed by atoms with Crippen LogP contribution in [0.15, 0.2) is 78.9 Å². The standard InChI is InChI=1S/C37H51N3O6/c1-8-40(24-30(38-34(42)45-36(2,3)4)22-27-14-18-32(41)19-15-27)25-31(39-35(43)46-37(5,6)7)23-28-16-20-33(21-17-28)44-26-29-12-10-9-11-13-29/h9-21,30-31,41H,8,22-26H2,1-7H3,(H,38,42)(H,39,43)/t30-,31?/m1/s1. The summed E-state index contributed by atoms with van der Waals surface area (Å²) >= 11 is 0. The molecule has 0 saturated heterocycles. The van der Waals surface area contributed by atoms with Crippen molar-refractivity contribution in [3.63, 3.8) is 0 Å². The average Bonchev–Trinajstić information content (AvgIpc) is 2.96. The van der Waals surface area contributed by atoms with Gasteiger partial charge in [-0.1, -0.05) is 61.5 Å². The quantitative estimate of drug-likeness (QED) is 0.178. The molecule has 46 heavy (non-hydrogen) atoms. The summed E-state index contributed by atoms with van der Waals surface area (Å²) in [4.78, 5) is 27.9. The van der Waals surface area contributed by atoms with Crippen LogP contribution < -0.4 is 15.4 Å². The van der Waals surface area contributed by atoms with Gasteiger partial charge in [-0.25, -0.2) is 9.59 Å². The van der Waals surface area contributed by atoms with Gasteiger partial charge in [0.25, 0.3) is 0 Å². The van der Waals surface area contributed by atoms with Gasteiger partial charge in [0.2, 0.25) is 0 Å². The van der Waals surface area contributed by atoms with E-state index in [1.807, 2.05) is 108 Å². The van der Waals surface area contributed by atoms with Crippen molar-refractivity contribution in [3.8, 4) is 11.5 Å². The zero-order chi connectivity index (χ0) is 33.7. The van der Waals surface area contributed by atoms with Crippen LogP contribution in [0, 0.1) is 0 Å². The van der Waals surface area contributed by atoms with Crippen molar-refractivity contribution in [3.05, 3.63) is 95.6 Å². The second-order valence-electron chi connectivity index (χ2n) is 13.5. The SMILES string of the molecule is CCN(CC(Cc1ccc(OCc2ccccc2)cc1)NC(=O)OC(C)(C)C)C[C@@H](Cc1ccc(O)cc1)NC(=O)OC(C)(C)C. The molecule has 0 aromatic heterocycles. The summed E-state index contributed by atoms with van der Waals surface area (Å²) in [6, 6.07) is 24.3. The number of amides is 2. The van der Waals surface area contributed by atoms with E-state index in [9.17, 15) is 14.7 Å². The first-order valence-electron chi connectivity index (χ1n) is 15.9. The monoisotopic (exact) mass is 633 g/mol. The van der Waals surface area contributed by atoms with Crippen LogP contribution in [0.2, 0.25) is 0 Å². The van der Waals surface area contributed by atoms with E-state index >= 15 is 0 Å². The van der Waals surface area contributed by atoms with Gasteiger partial charge in [-0.3, -0.25) is 4.90 Å². The molecule has 9 heteroatoms. The smallest absolute Gasteiger partial charge is 0.407 e. The Hall–Kier alpha value is -4.24. The summed E-state index contributed by atoms with van der Waals surface area (Å²) in [7, 11) is 0. The van der Waals surface area contributed by atoms with E-state index in [0.717, 1.165) is 22.4 Å². The number of carbonyl (C=O) groups excluding carboxylic acids is 2. The van der Waals surface area contributed by atoms with Gasteiger partial charge in [-0.05, 0) is 102 Å². The Kier molecular flexibility index (Phi) is 13.3. The molecule has 3 rings (SSSR count). The molecule has 0 bridgehead atoms. The lowest BCUT2D eigenvalue weighted by Gasteiger charge is -2.32. The minimum atomic E-state index is -0.637. The molecule has 3 aromatic carbocycles. The second-order valence-corrected chi connectivity index (χ2v) is 13.5. The Bertz CT molecular complexity index is 1350. The fourth-order valence-electron chi connectivity index (χ4n) is 4.89. The summed E-state index contributed by atoms with van der Waals surface area (Å²) in [5.41, 5.74) is 1.83. The lowest BCUT2D eigenvalue weighted by atomic mass is 10.0. The fourth-order valence-corrected chi connectivity index (χ4v) is 4.89. The zero-order valence-corrected chi connectivity index (χ0v) is 28.3. The van der Waals surface area contributed by atoms with Crippen molar-refractivity contribution in [1.82, 2.24) is 15.5 Å². The maximum absolute atomic E-state index is 12.9. The minimum absolute atomic E-state index is 0.183. The molecule has 0 aliphatic carbocycles. The van der Waals surface area contributed by atoms with Crippen LogP contribution in [0.3, 0.4) is 0 Å². The number of nitrogens with zero attached hydrogens (tertiary/aromatic N) is 1. The van der Waals surface area contributed by atoms with Crippen LogP contribution in [0.4, 0.5) is 9.59 Å². The topological polar surface area (TPSA) is 109 Å². The second kappa shape index (κ2) is 16.9. The van der Waals surface area contributed by atoms with Gasteiger partial charge < -0.3 is 30.0 Å². The third-order valence-electron chi connectivity index (χ3n) is 6.92. The van der Waals surface area contributed by atoms with Gasteiger partial charge in [0, 0.05) is 25.2 Å². The van der Waals surface area contributed by atoms with Crippen LogP contribution in [-0.4, -0.2) is 65.1 Å². The molecule has 0 aliphatic heterocycles. The van der Waals surface area contributed by atoms with E-state index in [1.165, 1.54) is 0 Å². The minimum Gasteiger partial charge on any atom is -0.508 e. The van der Waals surface area contributed by atoms with Crippen LogP contribution in [-0.2, 0) is 28.9 Å². The molecule has 250 valence electrons. The molecule has 0 saturated carbocycles. The van der Waals surface area contributed by atoms with Crippen LogP contribution >= 0.6 is 0 Å². The maximum atomic E-state index is 12.9. The van der Waals surface area contributed by atoms with Crippen LogP contribution in [0.25, 0.3) is 0 Å². The summed E-state index contributed by atoms with van der Waals surface area (Å²) in [5.74, 6) is 0.951. The number of likely N-dealkylation sites (N-methyl/N-ethyl adjacent to an activating group) is 1. The number of benzene rings is 3. The van der Waals surface area contributed by atoms with Crippen molar-refractivity contribution >= 4 is 12.2 Å². The highest BCUT2D eigenvalue weighted by Gasteiger charge is 2.25. The predicted molar refractivity (Wildman–Crippen MR) is 181 cm³/mol. The van der Waals surface area contributed by atoms with Crippen molar-refractivity contribution < 1.29 is 28.9 Å². The van der Waals surface area contributed by atoms with E-state index in [1.54, 1.807) is 12.1 Å². The van der Waals surface area contributed by atoms with E-state index in [2.05, 4.69) is 22.5 Å². The number of phenols is 1. The first-order chi connectivity index (χ1) is 21.7. The first kappa shape index (κ1) is 36.2. The summed E-state index contributed by atoms with van der Waals surface area (Å²) in [6.07, 6.45) is 0.121. The molecule has 0 aliphatic rings. The number of aromatic hydroxyl groups is 1. The molecule has 0 spiro atoms. The van der Waals surface area contributed by atoms with E-state index in [-0.39, 0.29) is 17.8 Å². The molecule has 0 heterocycles. The molecule has 1 unspecified atom stereocenters. The number of nitrogens with one attached hydrogen (secondary N) is 2. The molecule has 2 atom stereocenters. The van der Waals surface area contributed by atoms with Crippen molar-refractivity contribution in [2.24, 2.45) is 0 Å². The number of ether oxygens (including phenoxy) is 3. The van der Waals surface area contributed by atoms with Crippen molar-refractivity contribution in [2.75, 3.05) is 19.6 Å². The molecule has 9 nitrogen and oxygen atoms in total. The number of carbonyl (C=O) groups is 2. The Labute approximate surface area is 274 Å². The first-order valence-corrected chi connectivity index (χ1v) is 15.9. The Morgan fingerprint density at radius 1 is 0.696 bits per heavy atom. The van der Waals surface area contributed by atoms with Gasteiger partial charge in [-0.2, -0.15) is 0 Å². The van der Waals surface area contributed by atoms with Gasteiger partial charge in [-0.15, -0.1) is 0 Å². The highest BCUT2D eigenvalue weighted by atomic mass is 16.6. The highest BCUT2D eigenvalue weighted by molar-refractivity contribution is 5.68. The van der Waals surface area contributed by atoms with E-state index in [0.29, 0.717) is 39.1 Å². The highest BCUT2D eigenvalue weighted by Crippen LogP contribution is 2.18. The lowest BCUT2D eigenvalue weighted by Crippen LogP contribution is -2.51. The number of hydrogen-bond donors (Lipinski definition) is 3. The lowest BCUT2D eigenvalue weighted by molar-refractivity contribution is 0.0483. The molecule has 0 fully saturated rings. The Balaban J connectivity index is 1.74. The molecular formula is C37H51N3O6. The molecule has 3 N–H and O–H groups in total. The third kappa shape index (κ3) is 14.2. The van der Waals surface area contributed by atoms with Gasteiger partial charge >= 0.3 is 12.2 Å². The molecule has 2 amide bonds. The van der Waals surface area contributed by atoms with Crippen LogP contribution in [0.5, 0.6) is 11.5 Å². The van der Waals surface area contributed by atoms with Crippen molar-refractivity contribution in [1.29, 1.82) is 0 Å². The van der Waals surface area contributed by atoms with E-state index < -0.39 is 23.4 Å². The summed E-state index contributed by atoms with van der Waals surface area (Å²) < 4.78 is 17.1. The summed E-state index contributed by atoms with van der Waals surface area (Å²) in [6.45, 7) is 15.2. The number of hydrogen-bond acceptors (Lipinski definition) is 7. The fraction of sp³-hybridized carbons (Fsp3) is 0.459. The Morgan fingerprint density at radius 2 is 1.15 bits per heavy atom. The maximum Gasteiger partial charge on any atom is 0.407 e. The van der Waals surface area contributed by atoms with E-state index in [4.69, 9.17) is 14.2 Å². The zero-order valence-electron chi connectivity index (χ0n) is 28.3. The Morgan fingerprint density at radius 3 is 1.59 bits per heavy atom. The average molecular weight is 634 g/mol. The van der Waals surface area contributed by atoms with Gasteiger partial charge in [0.1, 0.15) is 29.3 Å². The summed E-state index contributed by atoms with van der Waals surface area (Å²) in [5, 5.41) is 15.9. The normalized spacial score (nSPS) is 13.0. The number of phenolic OH excluding ortho intramolecular Hbond substituents is 1.